The van der Waals surface area contributed by atoms with E-state index in [-0.39, 0.29) is 23.9 Å². The molecular formula is C18H26N4O4S. The minimum atomic E-state index is -3.68. The average Bonchev–Trinajstić information content (AvgIpc) is 2.97. The van der Waals surface area contributed by atoms with Crippen molar-refractivity contribution in [3.63, 3.8) is 0 Å². The Balaban J connectivity index is 1.96. The van der Waals surface area contributed by atoms with Gasteiger partial charge in [-0.2, -0.15) is 5.10 Å². The quantitative estimate of drug-likeness (QED) is 0.669. The smallest absolute Gasteiger partial charge is 0.244 e. The van der Waals surface area contributed by atoms with E-state index >= 15 is 0 Å². The van der Waals surface area contributed by atoms with Gasteiger partial charge in [-0.05, 0) is 31.9 Å². The van der Waals surface area contributed by atoms with Crippen LogP contribution >= 0.6 is 0 Å². The van der Waals surface area contributed by atoms with Crippen LogP contribution in [0.2, 0.25) is 0 Å². The highest BCUT2D eigenvalue weighted by molar-refractivity contribution is 7.89. The summed E-state index contributed by atoms with van der Waals surface area (Å²) >= 11 is 0. The highest BCUT2D eigenvalue weighted by Crippen LogP contribution is 2.18. The topological polar surface area (TPSA) is 104 Å². The van der Waals surface area contributed by atoms with Gasteiger partial charge in [-0.25, -0.2) is 13.1 Å². The van der Waals surface area contributed by atoms with Crippen molar-refractivity contribution in [2.75, 3.05) is 26.7 Å². The Kier molecular flexibility index (Phi) is 6.98. The molecule has 0 atom stereocenters. The Morgan fingerprint density at radius 1 is 1.26 bits per heavy atom. The van der Waals surface area contributed by atoms with Crippen LogP contribution in [0.25, 0.3) is 0 Å². The van der Waals surface area contributed by atoms with E-state index in [1.807, 2.05) is 24.3 Å². The third-order valence-corrected chi connectivity index (χ3v) is 6.02. The summed E-state index contributed by atoms with van der Waals surface area (Å²) in [7, 11) is -2.07. The maximum Gasteiger partial charge on any atom is 0.244 e. The zero-order valence-corrected chi connectivity index (χ0v) is 16.9. The van der Waals surface area contributed by atoms with Crippen LogP contribution in [-0.4, -0.2) is 56.2 Å². The average molecular weight is 394 g/mol. The molecule has 0 fully saturated rings. The second kappa shape index (κ2) is 9.01. The number of H-pyrrole nitrogens is 1. The molecule has 8 nitrogen and oxygen atoms in total. The summed E-state index contributed by atoms with van der Waals surface area (Å²) in [6, 6.07) is 7.63. The largest absolute Gasteiger partial charge is 0.496 e. The van der Waals surface area contributed by atoms with Gasteiger partial charge < -0.3 is 9.64 Å². The molecule has 0 spiro atoms. The maximum absolute atomic E-state index is 12.5. The number of nitrogens with zero attached hydrogens (tertiary/aromatic N) is 2. The lowest BCUT2D eigenvalue weighted by Gasteiger charge is -2.22. The molecule has 0 aliphatic carbocycles. The van der Waals surface area contributed by atoms with Gasteiger partial charge in [0.15, 0.2) is 0 Å². The molecule has 0 radical (unpaired) electrons. The van der Waals surface area contributed by atoms with Gasteiger partial charge >= 0.3 is 0 Å². The first-order chi connectivity index (χ1) is 12.8. The number of aryl methyl sites for hydroxylation is 2. The van der Waals surface area contributed by atoms with Crippen LogP contribution in [0.1, 0.15) is 23.9 Å². The number of aromatic nitrogens is 2. The normalized spacial score (nSPS) is 11.4. The number of aromatic amines is 1. The standard InChI is InChI=1S/C18H26N4O4S/c1-13-18(14(2)21-20-13)27(24,25)19-10-12-22(15(3)23)11-9-16-7-5-6-8-17(16)26-4/h5-8,19H,9-12H2,1-4H3,(H,20,21). The summed E-state index contributed by atoms with van der Waals surface area (Å²) in [5.74, 6) is 0.660. The van der Waals surface area contributed by atoms with Crippen LogP contribution in [0.15, 0.2) is 29.2 Å². The zero-order valence-electron chi connectivity index (χ0n) is 16.1. The van der Waals surface area contributed by atoms with Crippen molar-refractivity contribution in [3.05, 3.63) is 41.2 Å². The van der Waals surface area contributed by atoms with Crippen LogP contribution in [0, 0.1) is 13.8 Å². The van der Waals surface area contributed by atoms with E-state index in [0.29, 0.717) is 24.4 Å². The zero-order chi connectivity index (χ0) is 20.0. The van der Waals surface area contributed by atoms with Gasteiger partial charge in [0.1, 0.15) is 10.6 Å². The summed E-state index contributed by atoms with van der Waals surface area (Å²) < 4.78 is 32.8. The van der Waals surface area contributed by atoms with Gasteiger partial charge in [-0.15, -0.1) is 0 Å². The highest BCUT2D eigenvalue weighted by atomic mass is 32.2. The summed E-state index contributed by atoms with van der Waals surface area (Å²) in [5.41, 5.74) is 1.90. The second-order valence-corrected chi connectivity index (χ2v) is 7.93. The Bertz CT molecular complexity index is 873. The van der Waals surface area contributed by atoms with Crippen LogP contribution < -0.4 is 9.46 Å². The van der Waals surface area contributed by atoms with Crippen molar-refractivity contribution >= 4 is 15.9 Å². The molecule has 27 heavy (non-hydrogen) atoms. The fourth-order valence-electron chi connectivity index (χ4n) is 2.92. The number of hydrogen-bond donors (Lipinski definition) is 2. The molecule has 0 unspecified atom stereocenters. The molecule has 0 aliphatic rings. The molecule has 0 saturated carbocycles. The Hall–Kier alpha value is -2.39. The molecule has 9 heteroatoms. The fraction of sp³-hybridized carbons (Fsp3) is 0.444. The number of amides is 1. The van der Waals surface area contributed by atoms with E-state index in [2.05, 4.69) is 14.9 Å². The lowest BCUT2D eigenvalue weighted by molar-refractivity contribution is -0.128. The number of nitrogens with one attached hydrogen (secondary N) is 2. The molecule has 0 aliphatic heterocycles. The van der Waals surface area contributed by atoms with Gasteiger partial charge in [0.05, 0.1) is 18.5 Å². The van der Waals surface area contributed by atoms with E-state index in [1.54, 1.807) is 25.9 Å². The Labute approximate surface area is 160 Å². The number of benzene rings is 1. The molecule has 1 heterocycles. The Morgan fingerprint density at radius 2 is 1.96 bits per heavy atom. The third kappa shape index (κ3) is 5.30. The van der Waals surface area contributed by atoms with Gasteiger partial charge in [-0.1, -0.05) is 18.2 Å². The first-order valence-corrected chi connectivity index (χ1v) is 10.1. The van der Waals surface area contributed by atoms with Crippen LogP contribution in [0.3, 0.4) is 0 Å². The molecule has 1 aromatic carbocycles. The SMILES string of the molecule is COc1ccccc1CCN(CCNS(=O)(=O)c1c(C)n[nH]c1C)C(C)=O. The summed E-state index contributed by atoms with van der Waals surface area (Å²) in [5, 5.41) is 6.58. The monoisotopic (exact) mass is 394 g/mol. The van der Waals surface area contributed by atoms with Gasteiger partial charge in [-0.3, -0.25) is 9.89 Å². The van der Waals surface area contributed by atoms with Crippen molar-refractivity contribution in [2.24, 2.45) is 0 Å². The van der Waals surface area contributed by atoms with E-state index in [0.717, 1.165) is 11.3 Å². The van der Waals surface area contributed by atoms with Crippen molar-refractivity contribution in [2.45, 2.75) is 32.1 Å². The van der Waals surface area contributed by atoms with Crippen molar-refractivity contribution in [1.29, 1.82) is 0 Å². The third-order valence-electron chi connectivity index (χ3n) is 4.29. The summed E-state index contributed by atoms with van der Waals surface area (Å²) in [6.45, 7) is 5.64. The van der Waals surface area contributed by atoms with E-state index in [1.165, 1.54) is 6.92 Å². The van der Waals surface area contributed by atoms with E-state index < -0.39 is 10.0 Å². The molecule has 1 amide bonds. The summed E-state index contributed by atoms with van der Waals surface area (Å²) in [4.78, 5) is 13.7. The summed E-state index contributed by atoms with van der Waals surface area (Å²) in [6.07, 6.45) is 0.621. The number of methoxy groups -OCH3 is 1. The predicted octanol–water partition coefficient (Wildman–Crippen LogP) is 1.40. The highest BCUT2D eigenvalue weighted by Gasteiger charge is 2.22. The minimum Gasteiger partial charge on any atom is -0.496 e. The first-order valence-electron chi connectivity index (χ1n) is 8.65. The maximum atomic E-state index is 12.5. The predicted molar refractivity (Wildman–Crippen MR) is 102 cm³/mol. The molecule has 0 saturated heterocycles. The molecule has 0 bridgehead atoms. The van der Waals surface area contributed by atoms with Crippen LogP contribution in [0.5, 0.6) is 5.75 Å². The number of para-hydroxylation sites is 1. The first kappa shape index (κ1) is 20.9. The minimum absolute atomic E-state index is 0.111. The van der Waals surface area contributed by atoms with Crippen molar-refractivity contribution in [1.82, 2.24) is 19.8 Å². The van der Waals surface area contributed by atoms with Gasteiger partial charge in [0, 0.05) is 26.6 Å². The second-order valence-electron chi connectivity index (χ2n) is 6.23. The number of ether oxygens (including phenoxy) is 1. The number of sulfonamides is 1. The van der Waals surface area contributed by atoms with Crippen LogP contribution in [0.4, 0.5) is 0 Å². The molecule has 2 aromatic rings. The lowest BCUT2D eigenvalue weighted by Crippen LogP contribution is -2.38. The van der Waals surface area contributed by atoms with E-state index in [4.69, 9.17) is 4.74 Å². The molecule has 1 aromatic heterocycles. The number of rotatable bonds is 9. The number of carbonyl (C=O) groups is 1. The number of hydrogen-bond acceptors (Lipinski definition) is 5. The van der Waals surface area contributed by atoms with Gasteiger partial charge in [0.2, 0.25) is 15.9 Å². The molecular weight excluding hydrogens is 368 g/mol. The molecule has 148 valence electrons. The lowest BCUT2D eigenvalue weighted by atomic mass is 10.1. The fourth-order valence-corrected chi connectivity index (χ4v) is 4.30. The van der Waals surface area contributed by atoms with Crippen molar-refractivity contribution in [3.8, 4) is 5.75 Å². The van der Waals surface area contributed by atoms with Crippen LogP contribution in [-0.2, 0) is 21.2 Å². The van der Waals surface area contributed by atoms with Crippen molar-refractivity contribution < 1.29 is 17.9 Å². The molecule has 2 rings (SSSR count). The molecule has 2 N–H and O–H groups in total. The Morgan fingerprint density at radius 3 is 2.56 bits per heavy atom. The van der Waals surface area contributed by atoms with E-state index in [9.17, 15) is 13.2 Å². The van der Waals surface area contributed by atoms with Gasteiger partial charge in [0.25, 0.3) is 0 Å². The number of carbonyl (C=O) groups excluding carboxylic acids is 1.